The van der Waals surface area contributed by atoms with Crippen LogP contribution in [0, 0.1) is 0 Å². The number of para-hydroxylation sites is 1. The van der Waals surface area contributed by atoms with Gasteiger partial charge >= 0.3 is 0 Å². The largest absolute Gasteiger partial charge is 0.508 e. The molecule has 0 aliphatic heterocycles. The highest BCUT2D eigenvalue weighted by atomic mass is 16.5. The van der Waals surface area contributed by atoms with Gasteiger partial charge in [-0.25, -0.2) is 0 Å². The molecule has 0 radical (unpaired) electrons. The molecule has 0 aliphatic carbocycles. The van der Waals surface area contributed by atoms with Crippen molar-refractivity contribution >= 4 is 5.91 Å². The molecule has 1 aromatic carbocycles. The van der Waals surface area contributed by atoms with Crippen LogP contribution in [0.5, 0.6) is 5.75 Å². The first kappa shape index (κ1) is 13.5. The predicted octanol–water partition coefficient (Wildman–Crippen LogP) is 1.48. The lowest BCUT2D eigenvalue weighted by Gasteiger charge is -2.23. The van der Waals surface area contributed by atoms with Crippen LogP contribution in [0.3, 0.4) is 0 Å². The van der Waals surface area contributed by atoms with E-state index in [0.29, 0.717) is 12.1 Å². The molecule has 0 saturated carbocycles. The summed E-state index contributed by atoms with van der Waals surface area (Å²) in [7, 11) is 1.61. The molecule has 1 rings (SSSR count). The molecule has 0 unspecified atom stereocenters. The Balaban J connectivity index is 2.48. The third kappa shape index (κ3) is 4.44. The van der Waals surface area contributed by atoms with Crippen molar-refractivity contribution in [2.24, 2.45) is 0 Å². The van der Waals surface area contributed by atoms with Crippen LogP contribution in [0.25, 0.3) is 0 Å². The molecule has 94 valence electrons. The maximum absolute atomic E-state index is 11.6. The molecule has 1 amide bonds. The number of hydrogen-bond donors (Lipinski definition) is 2. The zero-order valence-electron chi connectivity index (χ0n) is 10.5. The van der Waals surface area contributed by atoms with Crippen molar-refractivity contribution in [2.45, 2.75) is 25.9 Å². The van der Waals surface area contributed by atoms with Crippen molar-refractivity contribution in [2.75, 3.05) is 13.7 Å². The van der Waals surface area contributed by atoms with E-state index in [1.165, 1.54) is 0 Å². The summed E-state index contributed by atoms with van der Waals surface area (Å²) >= 11 is 0. The average Bonchev–Trinajstić information content (AvgIpc) is 2.30. The SMILES string of the molecule is COC(C)(C)CNC(=O)Cc1ccccc1O. The Morgan fingerprint density at radius 3 is 2.65 bits per heavy atom. The van der Waals surface area contributed by atoms with Gasteiger partial charge in [-0.2, -0.15) is 0 Å². The minimum absolute atomic E-state index is 0.128. The van der Waals surface area contributed by atoms with Crippen LogP contribution in [0.4, 0.5) is 0 Å². The number of ether oxygens (including phenoxy) is 1. The molecule has 0 heterocycles. The van der Waals surface area contributed by atoms with E-state index in [9.17, 15) is 9.90 Å². The Bertz CT molecular complexity index is 388. The molecule has 2 N–H and O–H groups in total. The number of methoxy groups -OCH3 is 1. The maximum Gasteiger partial charge on any atom is 0.224 e. The average molecular weight is 237 g/mol. The van der Waals surface area contributed by atoms with Crippen molar-refractivity contribution in [3.8, 4) is 5.75 Å². The molecule has 0 saturated heterocycles. The first-order chi connectivity index (χ1) is 7.94. The first-order valence-corrected chi connectivity index (χ1v) is 5.53. The van der Waals surface area contributed by atoms with Crippen LogP contribution in [0.1, 0.15) is 19.4 Å². The van der Waals surface area contributed by atoms with Gasteiger partial charge in [-0.05, 0) is 19.9 Å². The number of hydrogen-bond acceptors (Lipinski definition) is 3. The second-order valence-electron chi connectivity index (χ2n) is 4.55. The van der Waals surface area contributed by atoms with Gasteiger partial charge in [0.2, 0.25) is 5.91 Å². The van der Waals surface area contributed by atoms with Gasteiger partial charge in [-0.3, -0.25) is 4.79 Å². The van der Waals surface area contributed by atoms with E-state index >= 15 is 0 Å². The third-order valence-electron chi connectivity index (χ3n) is 2.61. The third-order valence-corrected chi connectivity index (χ3v) is 2.61. The molecule has 0 bridgehead atoms. The van der Waals surface area contributed by atoms with Gasteiger partial charge in [0.05, 0.1) is 12.0 Å². The number of carbonyl (C=O) groups is 1. The van der Waals surface area contributed by atoms with Crippen molar-refractivity contribution in [1.29, 1.82) is 0 Å². The Morgan fingerprint density at radius 2 is 2.06 bits per heavy atom. The van der Waals surface area contributed by atoms with Crippen LogP contribution < -0.4 is 5.32 Å². The monoisotopic (exact) mass is 237 g/mol. The highest BCUT2D eigenvalue weighted by molar-refractivity contribution is 5.79. The summed E-state index contributed by atoms with van der Waals surface area (Å²) in [6.45, 7) is 4.23. The Labute approximate surface area is 102 Å². The summed E-state index contributed by atoms with van der Waals surface area (Å²) in [6, 6.07) is 6.82. The fourth-order valence-corrected chi connectivity index (χ4v) is 1.28. The molecule has 17 heavy (non-hydrogen) atoms. The highest BCUT2D eigenvalue weighted by Gasteiger charge is 2.17. The second-order valence-corrected chi connectivity index (χ2v) is 4.55. The lowest BCUT2D eigenvalue weighted by molar-refractivity contribution is -0.121. The van der Waals surface area contributed by atoms with Crippen LogP contribution in [-0.2, 0) is 16.0 Å². The Morgan fingerprint density at radius 1 is 1.41 bits per heavy atom. The van der Waals surface area contributed by atoms with Crippen molar-refractivity contribution in [3.05, 3.63) is 29.8 Å². The molecular formula is C13H19NO3. The quantitative estimate of drug-likeness (QED) is 0.815. The number of rotatable bonds is 5. The van der Waals surface area contributed by atoms with Crippen LogP contribution in [0.15, 0.2) is 24.3 Å². The molecule has 0 aromatic heterocycles. The van der Waals surface area contributed by atoms with Gasteiger partial charge in [-0.1, -0.05) is 18.2 Å². The molecule has 4 nitrogen and oxygen atoms in total. The summed E-state index contributed by atoms with van der Waals surface area (Å²) in [6.07, 6.45) is 0.173. The van der Waals surface area contributed by atoms with Gasteiger partial charge in [-0.15, -0.1) is 0 Å². The van der Waals surface area contributed by atoms with E-state index in [0.717, 1.165) is 0 Å². The minimum atomic E-state index is -0.381. The van der Waals surface area contributed by atoms with E-state index in [1.54, 1.807) is 31.4 Å². The number of benzene rings is 1. The van der Waals surface area contributed by atoms with Crippen molar-refractivity contribution < 1.29 is 14.6 Å². The normalized spacial score (nSPS) is 11.2. The molecule has 0 atom stereocenters. The second kappa shape index (κ2) is 5.68. The van der Waals surface area contributed by atoms with Gasteiger partial charge in [0.25, 0.3) is 0 Å². The number of aromatic hydroxyl groups is 1. The number of carbonyl (C=O) groups excluding carboxylic acids is 1. The van der Waals surface area contributed by atoms with E-state index < -0.39 is 0 Å². The molecule has 1 aromatic rings. The maximum atomic E-state index is 11.6. The fraction of sp³-hybridized carbons (Fsp3) is 0.462. The fourth-order valence-electron chi connectivity index (χ4n) is 1.28. The van der Waals surface area contributed by atoms with Gasteiger partial charge in [0, 0.05) is 19.2 Å². The minimum Gasteiger partial charge on any atom is -0.508 e. The van der Waals surface area contributed by atoms with Gasteiger partial charge in [0.1, 0.15) is 5.75 Å². The summed E-state index contributed by atoms with van der Waals surface area (Å²) in [4.78, 5) is 11.6. The van der Waals surface area contributed by atoms with E-state index in [4.69, 9.17) is 4.74 Å². The van der Waals surface area contributed by atoms with Crippen LogP contribution in [-0.4, -0.2) is 30.3 Å². The molecule has 4 heteroatoms. The summed E-state index contributed by atoms with van der Waals surface area (Å²) in [5.74, 6) is 0.0188. The lowest BCUT2D eigenvalue weighted by Crippen LogP contribution is -2.40. The van der Waals surface area contributed by atoms with Crippen molar-refractivity contribution in [3.63, 3.8) is 0 Å². The van der Waals surface area contributed by atoms with Crippen LogP contribution >= 0.6 is 0 Å². The van der Waals surface area contributed by atoms with E-state index in [2.05, 4.69) is 5.32 Å². The Hall–Kier alpha value is -1.55. The van der Waals surface area contributed by atoms with Gasteiger partial charge in [0.15, 0.2) is 0 Å². The molecular weight excluding hydrogens is 218 g/mol. The number of nitrogens with one attached hydrogen (secondary N) is 1. The van der Waals surface area contributed by atoms with E-state index in [-0.39, 0.29) is 23.7 Å². The summed E-state index contributed by atoms with van der Waals surface area (Å²) in [5.41, 5.74) is 0.245. The van der Waals surface area contributed by atoms with Gasteiger partial charge < -0.3 is 15.2 Å². The zero-order chi connectivity index (χ0) is 12.9. The van der Waals surface area contributed by atoms with Crippen molar-refractivity contribution in [1.82, 2.24) is 5.32 Å². The molecule has 0 aliphatic rings. The summed E-state index contributed by atoms with van der Waals surface area (Å²) < 4.78 is 5.20. The topological polar surface area (TPSA) is 58.6 Å². The molecule has 0 fully saturated rings. The predicted molar refractivity (Wildman–Crippen MR) is 65.9 cm³/mol. The Kier molecular flexibility index (Phi) is 4.52. The lowest BCUT2D eigenvalue weighted by atomic mass is 10.1. The standard InChI is InChI=1S/C13H19NO3/c1-13(2,17-3)9-14-12(16)8-10-6-4-5-7-11(10)15/h4-7,15H,8-9H2,1-3H3,(H,14,16). The number of amides is 1. The number of phenols is 1. The smallest absolute Gasteiger partial charge is 0.224 e. The van der Waals surface area contributed by atoms with Crippen LogP contribution in [0.2, 0.25) is 0 Å². The first-order valence-electron chi connectivity index (χ1n) is 5.53. The summed E-state index contributed by atoms with van der Waals surface area (Å²) in [5, 5.41) is 12.3. The molecule has 0 spiro atoms. The number of phenolic OH excluding ortho intramolecular Hbond substituents is 1. The van der Waals surface area contributed by atoms with E-state index in [1.807, 2.05) is 13.8 Å². The zero-order valence-corrected chi connectivity index (χ0v) is 10.5. The highest BCUT2D eigenvalue weighted by Crippen LogP contribution is 2.15.